The Labute approximate surface area is 140 Å². The lowest BCUT2D eigenvalue weighted by Crippen LogP contribution is -2.20. The number of carbonyl (C=O) groups is 2. The number of aliphatic hydroxyl groups excluding tert-OH is 1. The SMILES string of the molecule is COC(=O)C(O)O.O=C(c1ccc(C(F)(F)F)cc1)c1c2cccc1-2. The predicted molar refractivity (Wildman–Crippen MR) is 80.6 cm³/mol. The normalized spacial score (nSPS) is 11.5. The topological polar surface area (TPSA) is 83.8 Å². The van der Waals surface area contributed by atoms with Crippen LogP contribution in [0.1, 0.15) is 21.5 Å². The second-order valence-corrected chi connectivity index (χ2v) is 5.03. The van der Waals surface area contributed by atoms with Gasteiger partial charge in [-0.05, 0) is 23.3 Å². The van der Waals surface area contributed by atoms with E-state index in [1.165, 1.54) is 12.1 Å². The van der Waals surface area contributed by atoms with Crippen molar-refractivity contribution in [3.05, 3.63) is 59.2 Å². The first-order valence-electron chi connectivity index (χ1n) is 6.96. The number of methoxy groups -OCH3 is 1. The monoisotopic (exact) mass is 354 g/mol. The highest BCUT2D eigenvalue weighted by Gasteiger charge is 2.32. The van der Waals surface area contributed by atoms with Gasteiger partial charge in [-0.25, -0.2) is 4.79 Å². The quantitative estimate of drug-likeness (QED) is 0.429. The standard InChI is InChI=1S/C14H7F3O.C3H6O4/c15-14(16,17)9-6-4-8(5-7-9)13(18)12-10-2-1-3-11(10)12;1-7-3(6)2(4)5/h1-7H;2,4-5H,1H3. The van der Waals surface area contributed by atoms with E-state index in [0.717, 1.165) is 30.4 Å². The summed E-state index contributed by atoms with van der Waals surface area (Å²) in [7, 11) is 1.07. The fraction of sp³-hybridized carbons (Fsp3) is 0.176. The third-order valence-electron chi connectivity index (χ3n) is 3.41. The molecular formula is C17H13F3O5. The first-order chi connectivity index (χ1) is 11.7. The highest BCUT2D eigenvalue weighted by atomic mass is 19.4. The molecule has 0 saturated carbocycles. The molecule has 0 bridgehead atoms. The summed E-state index contributed by atoms with van der Waals surface area (Å²) in [5, 5.41) is 15.8. The lowest BCUT2D eigenvalue weighted by Gasteiger charge is -2.06. The van der Waals surface area contributed by atoms with Crippen molar-refractivity contribution in [3.8, 4) is 11.1 Å². The maximum atomic E-state index is 12.4. The molecule has 25 heavy (non-hydrogen) atoms. The summed E-state index contributed by atoms with van der Waals surface area (Å²) < 4.78 is 41.0. The number of rotatable bonds is 3. The van der Waals surface area contributed by atoms with Crippen LogP contribution in [0.4, 0.5) is 13.2 Å². The summed E-state index contributed by atoms with van der Waals surface area (Å²) >= 11 is 0. The number of hydrogen-bond acceptors (Lipinski definition) is 5. The summed E-state index contributed by atoms with van der Waals surface area (Å²) in [4.78, 5) is 21.8. The van der Waals surface area contributed by atoms with E-state index in [4.69, 9.17) is 10.2 Å². The molecule has 3 rings (SSSR count). The molecule has 0 radical (unpaired) electrons. The second-order valence-electron chi connectivity index (χ2n) is 5.03. The fourth-order valence-corrected chi connectivity index (χ4v) is 2.11. The van der Waals surface area contributed by atoms with Gasteiger partial charge >= 0.3 is 12.1 Å². The minimum absolute atomic E-state index is 0.214. The van der Waals surface area contributed by atoms with E-state index in [1.54, 1.807) is 0 Å². The number of ether oxygens (including phenoxy) is 1. The molecule has 8 heteroatoms. The van der Waals surface area contributed by atoms with Crippen LogP contribution in [0.2, 0.25) is 0 Å². The van der Waals surface area contributed by atoms with Gasteiger partial charge in [-0.15, -0.1) is 0 Å². The van der Waals surface area contributed by atoms with E-state index >= 15 is 0 Å². The van der Waals surface area contributed by atoms with Crippen molar-refractivity contribution in [1.29, 1.82) is 0 Å². The van der Waals surface area contributed by atoms with Crippen molar-refractivity contribution < 1.29 is 37.7 Å². The first kappa shape index (κ1) is 18.6. The Hall–Kier alpha value is -2.71. The van der Waals surface area contributed by atoms with Crippen LogP contribution in [0.3, 0.4) is 0 Å². The molecule has 2 aliphatic rings. The van der Waals surface area contributed by atoms with Crippen molar-refractivity contribution >= 4 is 11.8 Å². The van der Waals surface area contributed by atoms with Crippen LogP contribution >= 0.6 is 0 Å². The lowest BCUT2D eigenvalue weighted by molar-refractivity contribution is -0.169. The van der Waals surface area contributed by atoms with Gasteiger partial charge in [-0.2, -0.15) is 13.2 Å². The van der Waals surface area contributed by atoms with Crippen LogP contribution in [-0.4, -0.2) is 35.4 Å². The van der Waals surface area contributed by atoms with Gasteiger partial charge in [0.15, 0.2) is 5.78 Å². The third kappa shape index (κ3) is 4.23. The minimum atomic E-state index is -4.37. The summed E-state index contributed by atoms with van der Waals surface area (Å²) in [6.07, 6.45) is -6.37. The van der Waals surface area contributed by atoms with Gasteiger partial charge in [0.1, 0.15) is 0 Å². The van der Waals surface area contributed by atoms with Crippen molar-refractivity contribution in [2.75, 3.05) is 7.11 Å². The number of benzene rings is 2. The van der Waals surface area contributed by atoms with E-state index in [9.17, 15) is 22.8 Å². The van der Waals surface area contributed by atoms with Crippen LogP contribution in [0.25, 0.3) is 11.1 Å². The number of hydrogen-bond donors (Lipinski definition) is 2. The highest BCUT2D eigenvalue weighted by Crippen LogP contribution is 2.44. The molecule has 0 amide bonds. The molecule has 0 heterocycles. The number of aliphatic hydroxyl groups is 2. The lowest BCUT2D eigenvalue weighted by atomic mass is 10.1. The fourth-order valence-electron chi connectivity index (χ4n) is 2.11. The number of fused-ring (bicyclic) bond motifs is 1. The van der Waals surface area contributed by atoms with Gasteiger partial charge in [0.05, 0.1) is 12.7 Å². The van der Waals surface area contributed by atoms with Gasteiger partial charge in [0, 0.05) is 11.1 Å². The van der Waals surface area contributed by atoms with Crippen LogP contribution in [0, 0.1) is 0 Å². The average molecular weight is 354 g/mol. The van der Waals surface area contributed by atoms with Crippen molar-refractivity contribution in [2.45, 2.75) is 12.5 Å². The molecule has 0 saturated heterocycles. The van der Waals surface area contributed by atoms with Crippen LogP contribution in [0.15, 0.2) is 42.5 Å². The predicted octanol–water partition coefficient (Wildman–Crippen LogP) is 2.39. The van der Waals surface area contributed by atoms with Gasteiger partial charge in [0.2, 0.25) is 0 Å². The van der Waals surface area contributed by atoms with E-state index in [-0.39, 0.29) is 11.3 Å². The molecule has 0 spiro atoms. The average Bonchev–Trinajstić information content (AvgIpc) is 3.04. The number of ketones is 1. The van der Waals surface area contributed by atoms with Crippen LogP contribution in [-0.2, 0) is 15.7 Å². The molecule has 0 unspecified atom stereocenters. The van der Waals surface area contributed by atoms with Crippen molar-refractivity contribution in [2.24, 2.45) is 0 Å². The Morgan fingerprint density at radius 1 is 1.00 bits per heavy atom. The van der Waals surface area contributed by atoms with Crippen molar-refractivity contribution in [3.63, 3.8) is 0 Å². The highest BCUT2D eigenvalue weighted by molar-refractivity contribution is 6.24. The molecule has 132 valence electrons. The Morgan fingerprint density at radius 3 is 1.88 bits per heavy atom. The molecule has 1 aromatic rings. The summed E-state index contributed by atoms with van der Waals surface area (Å²) in [5.41, 5.74) is 1.97. The molecule has 0 fully saturated rings. The third-order valence-corrected chi connectivity index (χ3v) is 3.41. The molecule has 5 nitrogen and oxygen atoms in total. The van der Waals surface area contributed by atoms with E-state index < -0.39 is 24.0 Å². The molecule has 2 N–H and O–H groups in total. The summed E-state index contributed by atoms with van der Waals surface area (Å²) in [6, 6.07) is 9.79. The number of alkyl halides is 3. The first-order valence-corrected chi connectivity index (χ1v) is 6.96. The number of halogens is 3. The molecule has 1 aromatic carbocycles. The van der Waals surface area contributed by atoms with E-state index in [1.807, 2.05) is 18.2 Å². The second kappa shape index (κ2) is 7.04. The van der Waals surface area contributed by atoms with E-state index in [0.29, 0.717) is 5.56 Å². The Balaban J connectivity index is 0.000000277. The summed E-state index contributed by atoms with van der Waals surface area (Å²) in [5.74, 6) is -1.26. The van der Waals surface area contributed by atoms with Crippen LogP contribution < -0.4 is 0 Å². The zero-order valence-corrected chi connectivity index (χ0v) is 12.9. The maximum absolute atomic E-state index is 12.4. The van der Waals surface area contributed by atoms with Crippen LogP contribution in [0.5, 0.6) is 0 Å². The number of carbonyl (C=O) groups excluding carboxylic acids is 2. The molecule has 0 aromatic heterocycles. The molecular weight excluding hydrogens is 341 g/mol. The maximum Gasteiger partial charge on any atom is 0.416 e. The largest absolute Gasteiger partial charge is 0.465 e. The van der Waals surface area contributed by atoms with Gasteiger partial charge in [-0.3, -0.25) is 4.79 Å². The van der Waals surface area contributed by atoms with E-state index in [2.05, 4.69) is 4.74 Å². The summed E-state index contributed by atoms with van der Waals surface area (Å²) in [6.45, 7) is 0. The minimum Gasteiger partial charge on any atom is -0.465 e. The number of esters is 1. The zero-order chi connectivity index (χ0) is 18.8. The Kier molecular flexibility index (Phi) is 5.24. The van der Waals surface area contributed by atoms with Gasteiger partial charge in [-0.1, -0.05) is 30.3 Å². The van der Waals surface area contributed by atoms with Gasteiger partial charge < -0.3 is 14.9 Å². The smallest absolute Gasteiger partial charge is 0.416 e. The molecule has 0 atom stereocenters. The zero-order valence-electron chi connectivity index (χ0n) is 12.9. The van der Waals surface area contributed by atoms with Crippen molar-refractivity contribution in [1.82, 2.24) is 0 Å². The Morgan fingerprint density at radius 2 is 1.52 bits per heavy atom. The molecule has 0 aliphatic heterocycles. The molecule has 2 aliphatic carbocycles. The van der Waals surface area contributed by atoms with Gasteiger partial charge in [0.25, 0.3) is 6.29 Å². The Bertz CT molecular complexity index is 775.